The molecule has 5 nitrogen and oxygen atoms in total. The molecule has 0 radical (unpaired) electrons. The first-order valence-electron chi connectivity index (χ1n) is 5.83. The van der Waals surface area contributed by atoms with Crippen LogP contribution in [0.15, 0.2) is 48.7 Å². The molecular formula is C14H15N3O2. The van der Waals surface area contributed by atoms with Crippen LogP contribution in [0.25, 0.3) is 0 Å². The van der Waals surface area contributed by atoms with Gasteiger partial charge in [0, 0.05) is 6.20 Å². The van der Waals surface area contributed by atoms with E-state index in [1.54, 1.807) is 18.3 Å². The fourth-order valence-electron chi connectivity index (χ4n) is 1.67. The van der Waals surface area contributed by atoms with Gasteiger partial charge in [0.2, 0.25) is 11.8 Å². The summed E-state index contributed by atoms with van der Waals surface area (Å²) >= 11 is 0. The zero-order valence-corrected chi connectivity index (χ0v) is 10.5. The van der Waals surface area contributed by atoms with Gasteiger partial charge in [-0.1, -0.05) is 30.3 Å². The van der Waals surface area contributed by atoms with E-state index in [1.807, 2.05) is 30.3 Å². The molecule has 5 heteroatoms. The minimum Gasteiger partial charge on any atom is -0.480 e. The highest BCUT2D eigenvalue weighted by Gasteiger charge is 2.17. The van der Waals surface area contributed by atoms with Gasteiger partial charge in [0.15, 0.2) is 0 Å². The van der Waals surface area contributed by atoms with Gasteiger partial charge in [-0.05, 0) is 17.7 Å². The average molecular weight is 257 g/mol. The Balaban J connectivity index is 2.13. The van der Waals surface area contributed by atoms with Crippen LogP contribution < -0.4 is 15.8 Å². The van der Waals surface area contributed by atoms with Crippen LogP contribution in [0.2, 0.25) is 0 Å². The normalized spacial score (nSPS) is 11.7. The molecule has 1 aromatic heterocycles. The van der Waals surface area contributed by atoms with Crippen LogP contribution in [0.4, 0.5) is 5.69 Å². The fraction of sp³-hybridized carbons (Fsp3) is 0.143. The van der Waals surface area contributed by atoms with Crippen LogP contribution in [-0.4, -0.2) is 18.0 Å². The SMILES string of the molecule is COc1ncccc1NC(=O)[C@H](N)c1ccccc1. The lowest BCUT2D eigenvalue weighted by Crippen LogP contribution is -2.27. The predicted octanol–water partition coefficient (Wildman–Crippen LogP) is 1.73. The number of amides is 1. The number of nitrogens with one attached hydrogen (secondary N) is 1. The monoisotopic (exact) mass is 257 g/mol. The van der Waals surface area contributed by atoms with Gasteiger partial charge in [0.25, 0.3) is 0 Å². The number of hydrogen-bond acceptors (Lipinski definition) is 4. The van der Waals surface area contributed by atoms with Crippen molar-refractivity contribution in [3.8, 4) is 5.88 Å². The van der Waals surface area contributed by atoms with Gasteiger partial charge >= 0.3 is 0 Å². The Kier molecular flexibility index (Phi) is 4.10. The molecule has 98 valence electrons. The third-order valence-corrected chi connectivity index (χ3v) is 2.66. The molecule has 0 aliphatic heterocycles. The number of carbonyl (C=O) groups excluding carboxylic acids is 1. The lowest BCUT2D eigenvalue weighted by atomic mass is 10.1. The molecule has 0 aliphatic carbocycles. The number of rotatable bonds is 4. The summed E-state index contributed by atoms with van der Waals surface area (Å²) in [5, 5.41) is 2.71. The first-order valence-corrected chi connectivity index (χ1v) is 5.83. The van der Waals surface area contributed by atoms with Crippen molar-refractivity contribution < 1.29 is 9.53 Å². The van der Waals surface area contributed by atoms with E-state index >= 15 is 0 Å². The average Bonchev–Trinajstić information content (AvgIpc) is 2.48. The third kappa shape index (κ3) is 3.08. The molecule has 2 rings (SSSR count). The molecule has 1 amide bonds. The second kappa shape index (κ2) is 5.97. The van der Waals surface area contributed by atoms with E-state index in [4.69, 9.17) is 10.5 Å². The summed E-state index contributed by atoms with van der Waals surface area (Å²) in [6.45, 7) is 0. The minimum atomic E-state index is -0.730. The molecule has 0 fully saturated rings. The van der Waals surface area contributed by atoms with E-state index in [9.17, 15) is 4.79 Å². The van der Waals surface area contributed by atoms with Gasteiger partial charge in [0.1, 0.15) is 11.7 Å². The summed E-state index contributed by atoms with van der Waals surface area (Å²) in [7, 11) is 1.50. The summed E-state index contributed by atoms with van der Waals surface area (Å²) in [6.07, 6.45) is 1.59. The van der Waals surface area contributed by atoms with Crippen LogP contribution in [-0.2, 0) is 4.79 Å². The topological polar surface area (TPSA) is 77.2 Å². The maximum atomic E-state index is 12.1. The molecule has 0 saturated carbocycles. The standard InChI is InChI=1S/C14H15N3O2/c1-19-14-11(8-5-9-16-14)17-13(18)12(15)10-6-3-2-4-7-10/h2-9,12H,15H2,1H3,(H,17,18)/t12-/m1/s1. The number of methoxy groups -OCH3 is 1. The Hall–Kier alpha value is -2.40. The number of benzene rings is 1. The van der Waals surface area contributed by atoms with Gasteiger partial charge in [0.05, 0.1) is 7.11 Å². The first-order chi connectivity index (χ1) is 9.22. The number of aromatic nitrogens is 1. The quantitative estimate of drug-likeness (QED) is 0.874. The first kappa shape index (κ1) is 13.0. The Bertz CT molecular complexity index is 558. The Morgan fingerprint density at radius 3 is 2.68 bits per heavy atom. The molecule has 1 atom stereocenters. The molecule has 1 aromatic carbocycles. The Morgan fingerprint density at radius 1 is 1.26 bits per heavy atom. The maximum Gasteiger partial charge on any atom is 0.246 e. The van der Waals surface area contributed by atoms with Crippen LogP contribution in [0.3, 0.4) is 0 Å². The van der Waals surface area contributed by atoms with E-state index in [0.717, 1.165) is 5.56 Å². The van der Waals surface area contributed by atoms with Crippen molar-refractivity contribution in [1.29, 1.82) is 0 Å². The summed E-state index contributed by atoms with van der Waals surface area (Å²) in [5.74, 6) is 0.0496. The third-order valence-electron chi connectivity index (χ3n) is 2.66. The van der Waals surface area contributed by atoms with E-state index < -0.39 is 6.04 Å². The molecule has 0 bridgehead atoms. The lowest BCUT2D eigenvalue weighted by Gasteiger charge is -2.13. The van der Waals surface area contributed by atoms with E-state index in [-0.39, 0.29) is 5.91 Å². The van der Waals surface area contributed by atoms with Crippen molar-refractivity contribution in [2.45, 2.75) is 6.04 Å². The Labute approximate surface area is 111 Å². The highest BCUT2D eigenvalue weighted by molar-refractivity contribution is 5.96. The van der Waals surface area contributed by atoms with Crippen molar-refractivity contribution in [3.05, 3.63) is 54.2 Å². The van der Waals surface area contributed by atoms with Gasteiger partial charge < -0.3 is 15.8 Å². The van der Waals surface area contributed by atoms with Crippen molar-refractivity contribution >= 4 is 11.6 Å². The zero-order chi connectivity index (χ0) is 13.7. The molecule has 0 aliphatic rings. The van der Waals surface area contributed by atoms with Gasteiger partial charge in [-0.25, -0.2) is 4.98 Å². The Morgan fingerprint density at radius 2 is 2.00 bits per heavy atom. The number of pyridine rings is 1. The van der Waals surface area contributed by atoms with Crippen molar-refractivity contribution in [2.75, 3.05) is 12.4 Å². The van der Waals surface area contributed by atoms with Crippen LogP contribution in [0, 0.1) is 0 Å². The van der Waals surface area contributed by atoms with E-state index in [2.05, 4.69) is 10.3 Å². The molecular weight excluding hydrogens is 242 g/mol. The van der Waals surface area contributed by atoms with Crippen LogP contribution in [0.1, 0.15) is 11.6 Å². The van der Waals surface area contributed by atoms with Gasteiger partial charge in [-0.15, -0.1) is 0 Å². The predicted molar refractivity (Wildman–Crippen MR) is 72.8 cm³/mol. The van der Waals surface area contributed by atoms with Crippen LogP contribution >= 0.6 is 0 Å². The number of nitrogens with zero attached hydrogens (tertiary/aromatic N) is 1. The fourth-order valence-corrected chi connectivity index (χ4v) is 1.67. The molecule has 1 heterocycles. The molecule has 2 aromatic rings. The second-order valence-corrected chi connectivity index (χ2v) is 3.94. The van der Waals surface area contributed by atoms with E-state index in [0.29, 0.717) is 11.6 Å². The maximum absolute atomic E-state index is 12.1. The highest BCUT2D eigenvalue weighted by atomic mass is 16.5. The largest absolute Gasteiger partial charge is 0.480 e. The number of nitrogens with two attached hydrogens (primary N) is 1. The summed E-state index contributed by atoms with van der Waals surface area (Å²) in [5.41, 5.74) is 7.16. The molecule has 0 unspecified atom stereocenters. The summed E-state index contributed by atoms with van der Waals surface area (Å²) in [4.78, 5) is 16.1. The molecule has 0 spiro atoms. The van der Waals surface area contributed by atoms with Gasteiger partial charge in [-0.3, -0.25) is 4.79 Å². The molecule has 3 N–H and O–H groups in total. The number of hydrogen-bond donors (Lipinski definition) is 2. The number of anilines is 1. The minimum absolute atomic E-state index is 0.308. The van der Waals surface area contributed by atoms with Crippen molar-refractivity contribution in [1.82, 2.24) is 4.98 Å². The second-order valence-electron chi connectivity index (χ2n) is 3.94. The zero-order valence-electron chi connectivity index (χ0n) is 10.5. The lowest BCUT2D eigenvalue weighted by molar-refractivity contribution is -0.117. The summed E-state index contributed by atoms with van der Waals surface area (Å²) in [6, 6.07) is 11.9. The number of ether oxygens (including phenoxy) is 1. The van der Waals surface area contributed by atoms with Gasteiger partial charge in [-0.2, -0.15) is 0 Å². The van der Waals surface area contributed by atoms with Crippen molar-refractivity contribution in [3.63, 3.8) is 0 Å². The molecule has 0 saturated heterocycles. The summed E-state index contributed by atoms with van der Waals surface area (Å²) < 4.78 is 5.07. The number of carbonyl (C=O) groups is 1. The smallest absolute Gasteiger partial charge is 0.246 e. The van der Waals surface area contributed by atoms with E-state index in [1.165, 1.54) is 7.11 Å². The highest BCUT2D eigenvalue weighted by Crippen LogP contribution is 2.21. The van der Waals surface area contributed by atoms with Crippen molar-refractivity contribution in [2.24, 2.45) is 5.73 Å². The molecule has 19 heavy (non-hydrogen) atoms. The van der Waals surface area contributed by atoms with Crippen LogP contribution in [0.5, 0.6) is 5.88 Å².